The van der Waals surface area contributed by atoms with E-state index < -0.39 is 14.6 Å². The first-order chi connectivity index (χ1) is 10.6. The largest absolute Gasteiger partial charge is 0.309 e. The summed E-state index contributed by atoms with van der Waals surface area (Å²) in [6.07, 6.45) is 4.99. The molecule has 0 radical (unpaired) electrons. The first-order valence-corrected chi connectivity index (χ1v) is 9.54. The second-order valence-electron chi connectivity index (χ2n) is 6.57. The molecule has 0 saturated carbocycles. The van der Waals surface area contributed by atoms with E-state index in [2.05, 4.69) is 22.4 Å². The number of rotatable bonds is 6. The highest BCUT2D eigenvalue weighted by Crippen LogP contribution is 2.19. The maximum atomic E-state index is 11.8. The van der Waals surface area contributed by atoms with Crippen LogP contribution in [0.1, 0.15) is 38.2 Å². The summed E-state index contributed by atoms with van der Waals surface area (Å²) >= 11 is 0. The number of aryl methyl sites for hydroxylation is 1. The highest BCUT2D eigenvalue weighted by Gasteiger charge is 2.30. The molecule has 126 valence electrons. The van der Waals surface area contributed by atoms with Gasteiger partial charge in [0.05, 0.1) is 4.75 Å². The Bertz CT molecular complexity index is 761. The molecule has 1 aromatic heterocycles. The third-order valence-electron chi connectivity index (χ3n) is 4.33. The van der Waals surface area contributed by atoms with Gasteiger partial charge >= 0.3 is 0 Å². The molecule has 0 aliphatic rings. The number of hydrogen-bond donors (Lipinski definition) is 1. The van der Waals surface area contributed by atoms with E-state index in [0.29, 0.717) is 6.54 Å². The van der Waals surface area contributed by atoms with Gasteiger partial charge in [-0.15, -0.1) is 0 Å². The molecule has 1 heterocycles. The zero-order valence-corrected chi connectivity index (χ0v) is 15.2. The van der Waals surface area contributed by atoms with E-state index in [1.165, 1.54) is 6.26 Å². The van der Waals surface area contributed by atoms with Crippen LogP contribution in [0, 0.1) is 6.92 Å². The van der Waals surface area contributed by atoms with Crippen molar-refractivity contribution in [1.29, 1.82) is 0 Å². The van der Waals surface area contributed by atoms with E-state index in [4.69, 9.17) is 0 Å². The van der Waals surface area contributed by atoms with Crippen LogP contribution < -0.4 is 5.32 Å². The van der Waals surface area contributed by atoms with Crippen molar-refractivity contribution in [2.24, 2.45) is 0 Å². The summed E-state index contributed by atoms with van der Waals surface area (Å²) in [5.41, 5.74) is 2.18. The molecule has 0 fully saturated rings. The van der Waals surface area contributed by atoms with Crippen molar-refractivity contribution in [2.75, 3.05) is 12.8 Å². The maximum absolute atomic E-state index is 11.8. The van der Waals surface area contributed by atoms with Gasteiger partial charge in [0.2, 0.25) is 0 Å². The Morgan fingerprint density at radius 2 is 1.87 bits per heavy atom. The Morgan fingerprint density at radius 1 is 1.26 bits per heavy atom. The van der Waals surface area contributed by atoms with E-state index in [1.807, 2.05) is 36.7 Å². The number of hydrogen-bond acceptors (Lipinski definition) is 4. The third kappa shape index (κ3) is 4.00. The lowest BCUT2D eigenvalue weighted by molar-refractivity contribution is 0.489. The van der Waals surface area contributed by atoms with Gasteiger partial charge in [-0.25, -0.2) is 13.4 Å². The Hall–Kier alpha value is -1.66. The fourth-order valence-electron chi connectivity index (χ4n) is 2.22. The fourth-order valence-corrected chi connectivity index (χ4v) is 2.57. The molecule has 0 bridgehead atoms. The Labute approximate surface area is 138 Å². The molecular formula is C17H25N3O2S. The second-order valence-corrected chi connectivity index (χ2v) is 9.22. The molecule has 2 aromatic rings. The van der Waals surface area contributed by atoms with Crippen LogP contribution >= 0.6 is 0 Å². The van der Waals surface area contributed by atoms with E-state index >= 15 is 0 Å². The SMILES string of the molecule is Cc1nccn1-c1ccc([C@@H](C)NCC(C)(C)S(C)(=O)=O)cc1. The molecule has 1 atom stereocenters. The summed E-state index contributed by atoms with van der Waals surface area (Å²) in [6.45, 7) is 7.90. The average Bonchev–Trinajstić information content (AvgIpc) is 2.90. The van der Waals surface area contributed by atoms with Gasteiger partial charge in [0.25, 0.3) is 0 Å². The van der Waals surface area contributed by atoms with Crippen LogP contribution in [-0.4, -0.2) is 35.5 Å². The number of sulfone groups is 1. The maximum Gasteiger partial charge on any atom is 0.153 e. The number of benzene rings is 1. The van der Waals surface area contributed by atoms with Crippen LogP contribution in [0.2, 0.25) is 0 Å². The van der Waals surface area contributed by atoms with Crippen molar-refractivity contribution in [2.45, 2.75) is 38.5 Å². The van der Waals surface area contributed by atoms with Crippen molar-refractivity contribution < 1.29 is 8.42 Å². The summed E-state index contributed by atoms with van der Waals surface area (Å²) in [7, 11) is -3.09. The second kappa shape index (κ2) is 6.45. The highest BCUT2D eigenvalue weighted by atomic mass is 32.2. The van der Waals surface area contributed by atoms with E-state index in [0.717, 1.165) is 17.1 Å². The van der Waals surface area contributed by atoms with E-state index in [1.54, 1.807) is 20.0 Å². The molecule has 0 saturated heterocycles. The Balaban J connectivity index is 2.07. The normalized spacial score (nSPS) is 14.0. The zero-order chi connectivity index (χ0) is 17.3. The molecule has 1 aromatic carbocycles. The third-order valence-corrected chi connectivity index (χ3v) is 6.49. The van der Waals surface area contributed by atoms with Crippen LogP contribution in [0.15, 0.2) is 36.7 Å². The van der Waals surface area contributed by atoms with Gasteiger partial charge in [0, 0.05) is 36.9 Å². The molecule has 0 spiro atoms. The molecule has 2 rings (SSSR count). The van der Waals surface area contributed by atoms with E-state index in [-0.39, 0.29) is 6.04 Å². The Morgan fingerprint density at radius 3 is 2.35 bits per heavy atom. The van der Waals surface area contributed by atoms with Gasteiger partial charge in [-0.3, -0.25) is 0 Å². The minimum Gasteiger partial charge on any atom is -0.309 e. The first-order valence-electron chi connectivity index (χ1n) is 7.65. The quantitative estimate of drug-likeness (QED) is 0.881. The lowest BCUT2D eigenvalue weighted by Crippen LogP contribution is -2.42. The van der Waals surface area contributed by atoms with Gasteiger partial charge in [0.1, 0.15) is 5.82 Å². The molecule has 0 unspecified atom stereocenters. The van der Waals surface area contributed by atoms with Gasteiger partial charge in [-0.05, 0) is 45.4 Å². The summed E-state index contributed by atoms with van der Waals surface area (Å²) < 4.78 is 24.8. The molecule has 23 heavy (non-hydrogen) atoms. The fraction of sp³-hybridized carbons (Fsp3) is 0.471. The van der Waals surface area contributed by atoms with Crippen molar-refractivity contribution in [3.05, 3.63) is 48.0 Å². The zero-order valence-electron chi connectivity index (χ0n) is 14.4. The minimum atomic E-state index is -3.09. The smallest absolute Gasteiger partial charge is 0.153 e. The summed E-state index contributed by atoms with van der Waals surface area (Å²) in [4.78, 5) is 4.22. The minimum absolute atomic E-state index is 0.0777. The van der Waals surface area contributed by atoms with Crippen LogP contribution in [0.3, 0.4) is 0 Å². The van der Waals surface area contributed by atoms with Crippen LogP contribution in [-0.2, 0) is 9.84 Å². The lowest BCUT2D eigenvalue weighted by Gasteiger charge is -2.25. The van der Waals surface area contributed by atoms with Gasteiger partial charge in [-0.1, -0.05) is 12.1 Å². The topological polar surface area (TPSA) is 64.0 Å². The number of imidazole rings is 1. The molecule has 1 N–H and O–H groups in total. The van der Waals surface area contributed by atoms with Crippen molar-refractivity contribution in [1.82, 2.24) is 14.9 Å². The van der Waals surface area contributed by atoms with Crippen LogP contribution in [0.5, 0.6) is 0 Å². The standard InChI is InChI=1S/C17H25N3O2S/c1-13(19-12-17(3,4)23(5,21)22)15-6-8-16(9-7-15)20-11-10-18-14(20)2/h6-11,13,19H,12H2,1-5H3/t13-/m1/s1. The molecule has 0 amide bonds. The molecular weight excluding hydrogens is 310 g/mol. The van der Waals surface area contributed by atoms with Gasteiger partial charge < -0.3 is 9.88 Å². The van der Waals surface area contributed by atoms with Crippen molar-refractivity contribution >= 4 is 9.84 Å². The monoisotopic (exact) mass is 335 g/mol. The van der Waals surface area contributed by atoms with Crippen molar-refractivity contribution in [3.63, 3.8) is 0 Å². The van der Waals surface area contributed by atoms with Gasteiger partial charge in [-0.2, -0.15) is 0 Å². The number of nitrogens with one attached hydrogen (secondary N) is 1. The predicted molar refractivity (Wildman–Crippen MR) is 93.6 cm³/mol. The van der Waals surface area contributed by atoms with Crippen molar-refractivity contribution in [3.8, 4) is 5.69 Å². The molecule has 6 heteroatoms. The average molecular weight is 335 g/mol. The predicted octanol–water partition coefficient (Wildman–Crippen LogP) is 2.65. The summed E-state index contributed by atoms with van der Waals surface area (Å²) in [6, 6.07) is 8.28. The highest BCUT2D eigenvalue weighted by molar-refractivity contribution is 7.92. The molecule has 0 aliphatic heterocycles. The summed E-state index contributed by atoms with van der Waals surface area (Å²) in [5, 5.41) is 3.31. The molecule has 5 nitrogen and oxygen atoms in total. The lowest BCUT2D eigenvalue weighted by atomic mass is 10.1. The summed E-state index contributed by atoms with van der Waals surface area (Å²) in [5.74, 6) is 0.943. The van der Waals surface area contributed by atoms with Crippen LogP contribution in [0.25, 0.3) is 5.69 Å². The van der Waals surface area contributed by atoms with Crippen LogP contribution in [0.4, 0.5) is 0 Å². The van der Waals surface area contributed by atoms with Gasteiger partial charge in [0.15, 0.2) is 9.84 Å². The number of aromatic nitrogens is 2. The first kappa shape index (κ1) is 17.7. The molecule has 0 aliphatic carbocycles. The van der Waals surface area contributed by atoms with E-state index in [9.17, 15) is 8.42 Å². The Kier molecular flexibility index (Phi) is 4.96. The number of nitrogens with zero attached hydrogens (tertiary/aromatic N) is 2.